The summed E-state index contributed by atoms with van der Waals surface area (Å²) in [7, 11) is 0. The van der Waals surface area contributed by atoms with Crippen LogP contribution in [0.5, 0.6) is 0 Å². The number of anilines is 2. The van der Waals surface area contributed by atoms with Crippen molar-refractivity contribution in [3.63, 3.8) is 0 Å². The maximum Gasteiger partial charge on any atom is 0.0449 e. The number of nitrogens with zero attached hydrogens (tertiary/aromatic N) is 2. The first-order valence-electron chi connectivity index (χ1n) is 10.1. The molecule has 0 saturated heterocycles. The predicted molar refractivity (Wildman–Crippen MR) is 112 cm³/mol. The Bertz CT molecular complexity index is 723. The maximum absolute atomic E-state index is 6.50. The molecular formula is C23H33N3. The van der Waals surface area contributed by atoms with E-state index in [9.17, 15) is 0 Å². The Morgan fingerprint density at radius 2 is 1.62 bits per heavy atom. The van der Waals surface area contributed by atoms with Crippen LogP contribution in [0.1, 0.15) is 38.3 Å². The van der Waals surface area contributed by atoms with Crippen molar-refractivity contribution in [1.82, 2.24) is 4.90 Å². The van der Waals surface area contributed by atoms with Crippen LogP contribution in [-0.4, -0.2) is 37.6 Å². The summed E-state index contributed by atoms with van der Waals surface area (Å²) in [4.78, 5) is 4.97. The molecule has 3 rings (SSSR count). The van der Waals surface area contributed by atoms with E-state index in [0.29, 0.717) is 6.54 Å². The highest BCUT2D eigenvalue weighted by atomic mass is 15.1. The van der Waals surface area contributed by atoms with Gasteiger partial charge in [0.25, 0.3) is 0 Å². The summed E-state index contributed by atoms with van der Waals surface area (Å²) in [6.45, 7) is 11.6. The molecule has 0 radical (unpaired) electrons. The molecule has 2 aromatic carbocycles. The molecule has 26 heavy (non-hydrogen) atoms. The third kappa shape index (κ3) is 3.38. The standard InChI is InChI=1S/C23H33N3/c1-4-25(5-2)16-15-23(18-24)17-19-11-7-9-13-21(19)26(6-3)22-14-10-8-12-20(22)23/h7-14H,4-6,15-18,24H2,1-3H3. The average molecular weight is 352 g/mol. The van der Waals surface area contributed by atoms with Gasteiger partial charge in [-0.05, 0) is 62.7 Å². The average Bonchev–Trinajstić information content (AvgIpc) is 2.81. The van der Waals surface area contributed by atoms with Gasteiger partial charge in [0, 0.05) is 29.9 Å². The third-order valence-electron chi connectivity index (χ3n) is 6.09. The number of hydrogen-bond donors (Lipinski definition) is 1. The first-order chi connectivity index (χ1) is 12.7. The second-order valence-electron chi connectivity index (χ2n) is 7.33. The van der Waals surface area contributed by atoms with Gasteiger partial charge in [-0.15, -0.1) is 0 Å². The molecule has 1 heterocycles. The Morgan fingerprint density at radius 3 is 2.27 bits per heavy atom. The van der Waals surface area contributed by atoms with Gasteiger partial charge in [-0.25, -0.2) is 0 Å². The molecule has 3 heteroatoms. The highest BCUT2D eigenvalue weighted by Crippen LogP contribution is 2.45. The van der Waals surface area contributed by atoms with Crippen molar-refractivity contribution in [3.05, 3.63) is 59.7 Å². The van der Waals surface area contributed by atoms with Crippen molar-refractivity contribution in [2.24, 2.45) is 5.73 Å². The number of fused-ring (bicyclic) bond motifs is 2. The largest absolute Gasteiger partial charge is 0.341 e. The Morgan fingerprint density at radius 1 is 0.962 bits per heavy atom. The summed E-state index contributed by atoms with van der Waals surface area (Å²) in [5, 5.41) is 0. The first-order valence-corrected chi connectivity index (χ1v) is 10.1. The van der Waals surface area contributed by atoms with Crippen LogP contribution in [0.15, 0.2) is 48.5 Å². The lowest BCUT2D eigenvalue weighted by atomic mass is 9.72. The lowest BCUT2D eigenvalue weighted by molar-refractivity contribution is 0.257. The van der Waals surface area contributed by atoms with Gasteiger partial charge in [0.1, 0.15) is 0 Å². The van der Waals surface area contributed by atoms with Gasteiger partial charge in [-0.3, -0.25) is 0 Å². The lowest BCUT2D eigenvalue weighted by Gasteiger charge is -2.36. The Labute approximate surface area is 158 Å². The van der Waals surface area contributed by atoms with Gasteiger partial charge in [-0.2, -0.15) is 0 Å². The molecule has 1 unspecified atom stereocenters. The second kappa shape index (κ2) is 8.24. The zero-order chi connectivity index (χ0) is 18.6. The van der Waals surface area contributed by atoms with E-state index in [1.54, 1.807) is 0 Å². The fraction of sp³-hybridized carbons (Fsp3) is 0.478. The van der Waals surface area contributed by atoms with Gasteiger partial charge in [0.2, 0.25) is 0 Å². The lowest BCUT2D eigenvalue weighted by Crippen LogP contribution is -2.41. The van der Waals surface area contributed by atoms with Crippen molar-refractivity contribution in [2.75, 3.05) is 37.6 Å². The molecule has 0 fully saturated rings. The first kappa shape index (κ1) is 18.9. The molecule has 0 aromatic heterocycles. The normalized spacial score (nSPS) is 19.2. The van der Waals surface area contributed by atoms with Gasteiger partial charge in [0.05, 0.1) is 0 Å². The van der Waals surface area contributed by atoms with Crippen LogP contribution in [0, 0.1) is 0 Å². The van der Waals surface area contributed by atoms with Crippen molar-refractivity contribution in [2.45, 2.75) is 39.0 Å². The number of para-hydroxylation sites is 2. The van der Waals surface area contributed by atoms with Gasteiger partial charge in [0.15, 0.2) is 0 Å². The number of nitrogens with two attached hydrogens (primary N) is 1. The summed E-state index contributed by atoms with van der Waals surface area (Å²) in [5.74, 6) is 0. The molecule has 0 saturated carbocycles. The van der Waals surface area contributed by atoms with Crippen LogP contribution in [-0.2, 0) is 11.8 Å². The monoisotopic (exact) mass is 351 g/mol. The summed E-state index contributed by atoms with van der Waals surface area (Å²) in [6.07, 6.45) is 2.10. The van der Waals surface area contributed by atoms with E-state index >= 15 is 0 Å². The molecule has 0 aliphatic carbocycles. The summed E-state index contributed by atoms with van der Waals surface area (Å²) in [6, 6.07) is 17.7. The highest BCUT2D eigenvalue weighted by molar-refractivity contribution is 5.73. The van der Waals surface area contributed by atoms with E-state index in [2.05, 4.69) is 79.1 Å². The van der Waals surface area contributed by atoms with Crippen LogP contribution in [0.25, 0.3) is 0 Å². The molecule has 0 bridgehead atoms. The molecule has 3 nitrogen and oxygen atoms in total. The van der Waals surface area contributed by atoms with Gasteiger partial charge >= 0.3 is 0 Å². The topological polar surface area (TPSA) is 32.5 Å². The molecule has 0 spiro atoms. The fourth-order valence-corrected chi connectivity index (χ4v) is 4.43. The molecule has 140 valence electrons. The number of rotatable bonds is 7. The summed E-state index contributed by atoms with van der Waals surface area (Å²) >= 11 is 0. The Kier molecular flexibility index (Phi) is 6.00. The SMILES string of the molecule is CCN(CC)CCC1(CN)Cc2ccccc2N(CC)c2ccccc21. The number of hydrogen-bond acceptors (Lipinski definition) is 3. The molecule has 1 atom stereocenters. The van der Waals surface area contributed by atoms with E-state index in [0.717, 1.165) is 39.0 Å². The predicted octanol–water partition coefficient (Wildman–Crippen LogP) is 4.33. The van der Waals surface area contributed by atoms with Crippen molar-refractivity contribution in [3.8, 4) is 0 Å². The Balaban J connectivity index is 2.11. The molecule has 2 aromatic rings. The van der Waals surface area contributed by atoms with Crippen LogP contribution < -0.4 is 10.6 Å². The summed E-state index contributed by atoms with van der Waals surface area (Å²) in [5.41, 5.74) is 12.0. The minimum Gasteiger partial charge on any atom is -0.341 e. The van der Waals surface area contributed by atoms with Crippen molar-refractivity contribution in [1.29, 1.82) is 0 Å². The minimum absolute atomic E-state index is 0.0147. The third-order valence-corrected chi connectivity index (χ3v) is 6.09. The van der Waals surface area contributed by atoms with Crippen LogP contribution in [0.2, 0.25) is 0 Å². The fourth-order valence-electron chi connectivity index (χ4n) is 4.43. The quantitative estimate of drug-likeness (QED) is 0.806. The summed E-state index contributed by atoms with van der Waals surface area (Å²) < 4.78 is 0. The second-order valence-corrected chi connectivity index (χ2v) is 7.33. The molecular weight excluding hydrogens is 318 g/mol. The van der Waals surface area contributed by atoms with Crippen LogP contribution in [0.3, 0.4) is 0 Å². The molecule has 1 aliphatic heterocycles. The van der Waals surface area contributed by atoms with E-state index in [1.807, 2.05) is 0 Å². The molecule has 2 N–H and O–H groups in total. The molecule has 0 amide bonds. The van der Waals surface area contributed by atoms with E-state index in [4.69, 9.17) is 5.73 Å². The number of benzene rings is 2. The van der Waals surface area contributed by atoms with Crippen LogP contribution >= 0.6 is 0 Å². The highest BCUT2D eigenvalue weighted by Gasteiger charge is 2.37. The zero-order valence-electron chi connectivity index (χ0n) is 16.5. The van der Waals surface area contributed by atoms with E-state index in [1.165, 1.54) is 22.5 Å². The Hall–Kier alpha value is -1.84. The van der Waals surface area contributed by atoms with Gasteiger partial charge in [-0.1, -0.05) is 50.2 Å². The van der Waals surface area contributed by atoms with Gasteiger partial charge < -0.3 is 15.5 Å². The van der Waals surface area contributed by atoms with Crippen molar-refractivity contribution >= 4 is 11.4 Å². The van der Waals surface area contributed by atoms with Crippen molar-refractivity contribution < 1.29 is 0 Å². The molecule has 1 aliphatic rings. The zero-order valence-corrected chi connectivity index (χ0v) is 16.5. The smallest absolute Gasteiger partial charge is 0.0449 e. The van der Waals surface area contributed by atoms with Crippen LogP contribution in [0.4, 0.5) is 11.4 Å². The van der Waals surface area contributed by atoms with E-state index < -0.39 is 0 Å². The minimum atomic E-state index is -0.0147. The maximum atomic E-state index is 6.50. The van der Waals surface area contributed by atoms with E-state index in [-0.39, 0.29) is 5.41 Å².